The summed E-state index contributed by atoms with van der Waals surface area (Å²) in [6.45, 7) is 0.406. The average molecular weight is 499 g/mol. The van der Waals surface area contributed by atoms with Gasteiger partial charge in [-0.1, -0.05) is 48.5 Å². The third-order valence-electron chi connectivity index (χ3n) is 4.04. The molecule has 0 aromatic heterocycles. The zero-order valence-corrected chi connectivity index (χ0v) is 17.5. The minimum atomic E-state index is -1.22. The summed E-state index contributed by atoms with van der Waals surface area (Å²) in [7, 11) is 0. The molecule has 3 aromatic carbocycles. The van der Waals surface area contributed by atoms with E-state index in [9.17, 15) is 14.7 Å². The summed E-state index contributed by atoms with van der Waals surface area (Å²) in [6.07, 6.45) is 1.41. The number of hydrogen-bond donors (Lipinski definition) is 2. The van der Waals surface area contributed by atoms with Crippen molar-refractivity contribution in [2.24, 2.45) is 0 Å². The number of benzene rings is 3. The number of ether oxygens (including phenoxy) is 1. The molecular formula is C23H18INO4. The lowest BCUT2D eigenvalue weighted by Crippen LogP contribution is -2.27. The lowest BCUT2D eigenvalue weighted by atomic mass is 10.1. The molecule has 0 fully saturated rings. The number of hydrogen-bond acceptors (Lipinski definition) is 3. The summed E-state index contributed by atoms with van der Waals surface area (Å²) in [5.74, 6) is -1.10. The monoisotopic (exact) mass is 499 g/mol. The summed E-state index contributed by atoms with van der Waals surface area (Å²) >= 11 is 2.25. The summed E-state index contributed by atoms with van der Waals surface area (Å²) in [5.41, 5.74) is 1.84. The maximum absolute atomic E-state index is 12.3. The van der Waals surface area contributed by atoms with Gasteiger partial charge in [-0.3, -0.25) is 4.79 Å². The highest BCUT2D eigenvalue weighted by molar-refractivity contribution is 14.1. The predicted octanol–water partition coefficient (Wildman–Crippen LogP) is 4.73. The van der Waals surface area contributed by atoms with Crippen molar-refractivity contribution in [1.29, 1.82) is 0 Å². The number of carbonyl (C=O) groups is 2. The number of halogens is 1. The predicted molar refractivity (Wildman–Crippen MR) is 119 cm³/mol. The summed E-state index contributed by atoms with van der Waals surface area (Å²) in [4.78, 5) is 23.9. The number of nitrogens with one attached hydrogen (secondary N) is 1. The third kappa shape index (κ3) is 5.92. The fourth-order valence-corrected chi connectivity index (χ4v) is 3.12. The van der Waals surface area contributed by atoms with E-state index in [4.69, 9.17) is 4.74 Å². The van der Waals surface area contributed by atoms with E-state index in [2.05, 4.69) is 27.9 Å². The van der Waals surface area contributed by atoms with Crippen LogP contribution in [0.5, 0.6) is 5.75 Å². The molecule has 0 saturated heterocycles. The van der Waals surface area contributed by atoms with Crippen LogP contribution >= 0.6 is 22.6 Å². The Morgan fingerprint density at radius 1 is 0.966 bits per heavy atom. The van der Waals surface area contributed by atoms with Crippen LogP contribution in [0.1, 0.15) is 21.5 Å². The average Bonchev–Trinajstić information content (AvgIpc) is 2.73. The van der Waals surface area contributed by atoms with Gasteiger partial charge < -0.3 is 15.2 Å². The number of rotatable bonds is 7. The molecule has 0 radical (unpaired) electrons. The van der Waals surface area contributed by atoms with Crippen molar-refractivity contribution in [2.75, 3.05) is 0 Å². The Hall–Kier alpha value is -3.13. The van der Waals surface area contributed by atoms with Crippen molar-refractivity contribution in [3.05, 3.63) is 105 Å². The van der Waals surface area contributed by atoms with Crippen LogP contribution in [-0.2, 0) is 11.4 Å². The topological polar surface area (TPSA) is 75.6 Å². The summed E-state index contributed by atoms with van der Waals surface area (Å²) < 4.78 is 6.95. The van der Waals surface area contributed by atoms with Crippen molar-refractivity contribution in [3.63, 3.8) is 0 Å². The van der Waals surface area contributed by atoms with Gasteiger partial charge in [-0.2, -0.15) is 0 Å². The second kappa shape index (κ2) is 9.88. The van der Waals surface area contributed by atoms with E-state index in [1.54, 1.807) is 54.6 Å². The molecule has 5 nitrogen and oxygen atoms in total. The van der Waals surface area contributed by atoms with Crippen LogP contribution < -0.4 is 10.1 Å². The lowest BCUT2D eigenvalue weighted by molar-refractivity contribution is -0.132. The fourth-order valence-electron chi connectivity index (χ4n) is 2.57. The highest BCUT2D eigenvalue weighted by atomic mass is 127. The Labute approximate surface area is 182 Å². The second-order valence-electron chi connectivity index (χ2n) is 6.14. The van der Waals surface area contributed by atoms with Gasteiger partial charge in [0.15, 0.2) is 0 Å². The minimum Gasteiger partial charge on any atom is -0.489 e. The maximum Gasteiger partial charge on any atom is 0.352 e. The van der Waals surface area contributed by atoms with Gasteiger partial charge in [0.25, 0.3) is 5.91 Å². The van der Waals surface area contributed by atoms with Crippen LogP contribution in [0.3, 0.4) is 0 Å². The van der Waals surface area contributed by atoms with Crippen LogP contribution in [0.15, 0.2) is 84.6 Å². The van der Waals surface area contributed by atoms with Gasteiger partial charge in [0.1, 0.15) is 18.1 Å². The molecule has 0 spiro atoms. The number of amides is 1. The van der Waals surface area contributed by atoms with Crippen LogP contribution in [0.2, 0.25) is 0 Å². The largest absolute Gasteiger partial charge is 0.489 e. The number of carboxylic acids is 1. The Balaban J connectivity index is 1.75. The molecule has 0 bridgehead atoms. The number of carbonyl (C=O) groups excluding carboxylic acids is 1. The normalized spacial score (nSPS) is 11.0. The number of aliphatic carboxylic acids is 1. The molecular weight excluding hydrogens is 481 g/mol. The maximum atomic E-state index is 12.3. The van der Waals surface area contributed by atoms with Crippen molar-refractivity contribution in [2.45, 2.75) is 6.61 Å². The molecule has 146 valence electrons. The standard InChI is InChI=1S/C23H18INO4/c24-20-12-5-4-10-18(20)15-29-19-11-6-7-16(13-19)14-21(23(27)28)25-22(26)17-8-2-1-3-9-17/h1-14H,15H2,(H,25,26)(H,27,28). The first-order chi connectivity index (χ1) is 14.0. The molecule has 0 atom stereocenters. The minimum absolute atomic E-state index is 0.214. The Bertz CT molecular complexity index is 1050. The first kappa shape index (κ1) is 20.6. The molecule has 3 rings (SSSR count). The molecule has 6 heteroatoms. The van der Waals surface area contributed by atoms with Gasteiger partial charge in [0.05, 0.1) is 0 Å². The zero-order chi connectivity index (χ0) is 20.6. The molecule has 2 N–H and O–H groups in total. The Kier molecular flexibility index (Phi) is 7.02. The Morgan fingerprint density at radius 2 is 1.69 bits per heavy atom. The quantitative estimate of drug-likeness (QED) is 0.364. The van der Waals surface area contributed by atoms with Crippen LogP contribution in [0, 0.1) is 3.57 Å². The van der Waals surface area contributed by atoms with Crippen LogP contribution in [0.25, 0.3) is 6.08 Å². The SMILES string of the molecule is O=C(O)C(=Cc1cccc(OCc2ccccc2I)c1)NC(=O)c1ccccc1. The lowest BCUT2D eigenvalue weighted by Gasteiger charge is -2.09. The van der Waals surface area contributed by atoms with E-state index in [1.165, 1.54) is 6.08 Å². The van der Waals surface area contributed by atoms with Gasteiger partial charge in [0, 0.05) is 14.7 Å². The highest BCUT2D eigenvalue weighted by Gasteiger charge is 2.13. The van der Waals surface area contributed by atoms with E-state index >= 15 is 0 Å². The molecule has 0 saturated carbocycles. The van der Waals surface area contributed by atoms with Crippen molar-refractivity contribution in [1.82, 2.24) is 5.32 Å². The molecule has 0 aliphatic heterocycles. The summed E-state index contributed by atoms with van der Waals surface area (Å²) in [6, 6.07) is 23.4. The number of carboxylic acid groups (broad SMARTS) is 1. The first-order valence-corrected chi connectivity index (χ1v) is 9.88. The molecule has 1 amide bonds. The molecule has 0 unspecified atom stereocenters. The van der Waals surface area contributed by atoms with Crippen LogP contribution in [-0.4, -0.2) is 17.0 Å². The van der Waals surface area contributed by atoms with E-state index < -0.39 is 11.9 Å². The Morgan fingerprint density at radius 3 is 2.41 bits per heavy atom. The first-order valence-electron chi connectivity index (χ1n) is 8.80. The molecule has 0 aliphatic carbocycles. The van der Waals surface area contributed by atoms with E-state index in [-0.39, 0.29) is 5.70 Å². The van der Waals surface area contributed by atoms with E-state index in [0.717, 1.165) is 9.13 Å². The van der Waals surface area contributed by atoms with Crippen molar-refractivity contribution < 1.29 is 19.4 Å². The van der Waals surface area contributed by atoms with Gasteiger partial charge in [-0.05, 0) is 64.6 Å². The van der Waals surface area contributed by atoms with E-state index in [0.29, 0.717) is 23.5 Å². The zero-order valence-electron chi connectivity index (χ0n) is 15.3. The smallest absolute Gasteiger partial charge is 0.352 e. The van der Waals surface area contributed by atoms with E-state index in [1.807, 2.05) is 24.3 Å². The molecule has 0 aliphatic rings. The van der Waals surface area contributed by atoms with Gasteiger partial charge in [-0.25, -0.2) is 4.79 Å². The third-order valence-corrected chi connectivity index (χ3v) is 5.09. The second-order valence-corrected chi connectivity index (χ2v) is 7.30. The highest BCUT2D eigenvalue weighted by Crippen LogP contribution is 2.19. The van der Waals surface area contributed by atoms with Crippen LogP contribution in [0.4, 0.5) is 0 Å². The molecule has 3 aromatic rings. The van der Waals surface area contributed by atoms with Gasteiger partial charge >= 0.3 is 5.97 Å². The van der Waals surface area contributed by atoms with Crippen molar-refractivity contribution >= 4 is 40.5 Å². The fraction of sp³-hybridized carbons (Fsp3) is 0.0435. The van der Waals surface area contributed by atoms with Gasteiger partial charge in [-0.15, -0.1) is 0 Å². The van der Waals surface area contributed by atoms with Gasteiger partial charge in [0.2, 0.25) is 0 Å². The van der Waals surface area contributed by atoms with Crippen molar-refractivity contribution in [3.8, 4) is 5.75 Å². The molecule has 29 heavy (non-hydrogen) atoms. The summed E-state index contributed by atoms with van der Waals surface area (Å²) in [5, 5.41) is 11.9. The molecule has 0 heterocycles.